The summed E-state index contributed by atoms with van der Waals surface area (Å²) in [7, 11) is 0. The van der Waals surface area contributed by atoms with E-state index in [1.807, 2.05) is 24.3 Å². The van der Waals surface area contributed by atoms with E-state index in [0.29, 0.717) is 10.8 Å². The summed E-state index contributed by atoms with van der Waals surface area (Å²) >= 11 is 9.53. The fourth-order valence-corrected chi connectivity index (χ4v) is 2.22. The maximum absolute atomic E-state index is 6.15. The molecule has 4 nitrogen and oxygen atoms in total. The fraction of sp³-hybridized carbons (Fsp3) is 0.231. The van der Waals surface area contributed by atoms with E-state index in [2.05, 4.69) is 43.5 Å². The molecule has 19 heavy (non-hydrogen) atoms. The molecule has 2 N–H and O–H groups in total. The largest absolute Gasteiger partial charge is 0.370 e. The molecule has 2 aromatic rings. The predicted octanol–water partition coefficient (Wildman–Crippen LogP) is 4.46. The maximum atomic E-state index is 6.15. The van der Waals surface area contributed by atoms with Crippen LogP contribution in [0.4, 0.5) is 17.3 Å². The van der Waals surface area contributed by atoms with Crippen LogP contribution in [0.2, 0.25) is 5.02 Å². The van der Waals surface area contributed by atoms with E-state index >= 15 is 0 Å². The third-order valence-electron chi connectivity index (χ3n) is 2.42. The smallest absolute Gasteiger partial charge is 0.135 e. The van der Waals surface area contributed by atoms with Crippen molar-refractivity contribution in [2.24, 2.45) is 0 Å². The van der Waals surface area contributed by atoms with Crippen molar-refractivity contribution in [3.05, 3.63) is 40.1 Å². The molecule has 0 spiro atoms. The van der Waals surface area contributed by atoms with E-state index in [1.165, 1.54) is 6.33 Å². The van der Waals surface area contributed by atoms with Gasteiger partial charge in [-0.05, 0) is 24.6 Å². The monoisotopic (exact) mass is 340 g/mol. The molecule has 100 valence electrons. The zero-order valence-corrected chi connectivity index (χ0v) is 12.8. The molecule has 6 heteroatoms. The van der Waals surface area contributed by atoms with E-state index < -0.39 is 0 Å². The first kappa shape index (κ1) is 14.1. The van der Waals surface area contributed by atoms with Crippen LogP contribution in [0.5, 0.6) is 0 Å². The fourth-order valence-electron chi connectivity index (χ4n) is 1.50. The van der Waals surface area contributed by atoms with Gasteiger partial charge in [0.2, 0.25) is 0 Å². The van der Waals surface area contributed by atoms with Crippen LogP contribution < -0.4 is 10.6 Å². The van der Waals surface area contributed by atoms with Gasteiger partial charge in [-0.25, -0.2) is 9.97 Å². The van der Waals surface area contributed by atoms with Crippen LogP contribution in [0.25, 0.3) is 0 Å². The first-order valence-corrected chi connectivity index (χ1v) is 7.14. The van der Waals surface area contributed by atoms with Crippen LogP contribution in [0.15, 0.2) is 35.1 Å². The highest BCUT2D eigenvalue weighted by atomic mass is 79.9. The molecule has 0 saturated heterocycles. The predicted molar refractivity (Wildman–Crippen MR) is 83.2 cm³/mol. The highest BCUT2D eigenvalue weighted by molar-refractivity contribution is 9.10. The Morgan fingerprint density at radius 2 is 2.00 bits per heavy atom. The zero-order valence-electron chi connectivity index (χ0n) is 10.5. The number of aromatic nitrogens is 2. The average molecular weight is 342 g/mol. The normalized spacial score (nSPS) is 10.3. The first-order chi connectivity index (χ1) is 9.19. The summed E-state index contributed by atoms with van der Waals surface area (Å²) in [6, 6.07) is 7.51. The Bertz CT molecular complexity index is 562. The lowest BCUT2D eigenvalue weighted by molar-refractivity contribution is 0.965. The number of hydrogen-bond donors (Lipinski definition) is 2. The molecule has 0 aliphatic heterocycles. The Balaban J connectivity index is 2.14. The summed E-state index contributed by atoms with van der Waals surface area (Å²) in [5, 5.41) is 7.02. The van der Waals surface area contributed by atoms with Crippen LogP contribution in [-0.4, -0.2) is 16.5 Å². The molecule has 0 atom stereocenters. The number of hydrogen-bond acceptors (Lipinski definition) is 4. The third-order valence-corrected chi connectivity index (χ3v) is 3.22. The van der Waals surface area contributed by atoms with Crippen molar-refractivity contribution in [1.82, 2.24) is 9.97 Å². The van der Waals surface area contributed by atoms with Crippen LogP contribution in [-0.2, 0) is 0 Å². The Kier molecular flexibility index (Phi) is 4.99. The molecule has 0 radical (unpaired) electrons. The van der Waals surface area contributed by atoms with Crippen molar-refractivity contribution in [2.45, 2.75) is 13.3 Å². The van der Waals surface area contributed by atoms with Crippen LogP contribution in [0.1, 0.15) is 13.3 Å². The summed E-state index contributed by atoms with van der Waals surface area (Å²) in [6.07, 6.45) is 2.57. The number of benzene rings is 1. The van der Waals surface area contributed by atoms with Crippen molar-refractivity contribution in [3.8, 4) is 0 Å². The third kappa shape index (κ3) is 4.08. The summed E-state index contributed by atoms with van der Waals surface area (Å²) in [5.74, 6) is 1.51. The van der Waals surface area contributed by atoms with E-state index in [4.69, 9.17) is 11.6 Å². The van der Waals surface area contributed by atoms with Crippen LogP contribution >= 0.6 is 27.5 Å². The van der Waals surface area contributed by atoms with Crippen molar-refractivity contribution in [3.63, 3.8) is 0 Å². The molecule has 0 aliphatic rings. The topological polar surface area (TPSA) is 49.8 Å². The Morgan fingerprint density at radius 1 is 1.21 bits per heavy atom. The highest BCUT2D eigenvalue weighted by Crippen LogP contribution is 2.28. The number of nitrogens with zero attached hydrogens (tertiary/aromatic N) is 2. The molecule has 0 bridgehead atoms. The minimum absolute atomic E-state index is 0.635. The molecule has 1 heterocycles. The minimum atomic E-state index is 0.635. The molecule has 0 amide bonds. The van der Waals surface area contributed by atoms with Gasteiger partial charge in [-0.15, -0.1) is 0 Å². The van der Waals surface area contributed by atoms with Crippen LogP contribution in [0.3, 0.4) is 0 Å². The lowest BCUT2D eigenvalue weighted by Crippen LogP contribution is -2.03. The summed E-state index contributed by atoms with van der Waals surface area (Å²) in [5.41, 5.74) is 0.810. The maximum Gasteiger partial charge on any atom is 0.135 e. The van der Waals surface area contributed by atoms with E-state index in [0.717, 1.165) is 28.9 Å². The molecular formula is C13H14BrClN4. The molecule has 1 aromatic carbocycles. The summed E-state index contributed by atoms with van der Waals surface area (Å²) < 4.78 is 0.941. The molecule has 2 rings (SSSR count). The molecule has 0 aliphatic carbocycles. The first-order valence-electron chi connectivity index (χ1n) is 5.97. The zero-order chi connectivity index (χ0) is 13.7. The molecule has 1 aromatic heterocycles. The van der Waals surface area contributed by atoms with Crippen LogP contribution in [0, 0.1) is 0 Å². The SMILES string of the molecule is CCCNc1cc(Nc2ccc(Br)cc2Cl)ncn1. The van der Waals surface area contributed by atoms with Gasteiger partial charge in [-0.1, -0.05) is 34.5 Å². The van der Waals surface area contributed by atoms with Gasteiger partial charge in [0, 0.05) is 17.1 Å². The Hall–Kier alpha value is -1.33. The number of anilines is 3. The molecular weight excluding hydrogens is 328 g/mol. The van der Waals surface area contributed by atoms with Gasteiger partial charge >= 0.3 is 0 Å². The van der Waals surface area contributed by atoms with Gasteiger partial charge < -0.3 is 10.6 Å². The van der Waals surface area contributed by atoms with Crippen molar-refractivity contribution in [1.29, 1.82) is 0 Å². The molecule has 0 saturated carbocycles. The van der Waals surface area contributed by atoms with Crippen molar-refractivity contribution < 1.29 is 0 Å². The van der Waals surface area contributed by atoms with Gasteiger partial charge in [0.05, 0.1) is 10.7 Å². The van der Waals surface area contributed by atoms with Crippen molar-refractivity contribution in [2.75, 3.05) is 17.2 Å². The second-order valence-electron chi connectivity index (χ2n) is 3.96. The summed E-state index contributed by atoms with van der Waals surface area (Å²) in [4.78, 5) is 8.33. The van der Waals surface area contributed by atoms with Gasteiger partial charge in [-0.3, -0.25) is 0 Å². The standard InChI is InChI=1S/C13H14BrClN4/c1-2-5-16-12-7-13(18-8-17-12)19-11-4-3-9(14)6-10(11)15/h3-4,6-8H,2,5H2,1H3,(H2,16,17,18,19). The number of rotatable bonds is 5. The van der Waals surface area contributed by atoms with Gasteiger partial charge in [-0.2, -0.15) is 0 Å². The Morgan fingerprint density at radius 3 is 2.74 bits per heavy atom. The van der Waals surface area contributed by atoms with E-state index in [9.17, 15) is 0 Å². The number of halogens is 2. The van der Waals surface area contributed by atoms with E-state index in [1.54, 1.807) is 0 Å². The lowest BCUT2D eigenvalue weighted by Gasteiger charge is -2.09. The summed E-state index contributed by atoms with van der Waals surface area (Å²) in [6.45, 7) is 2.99. The Labute approximate surface area is 125 Å². The number of nitrogens with one attached hydrogen (secondary N) is 2. The van der Waals surface area contributed by atoms with Gasteiger partial charge in [0.25, 0.3) is 0 Å². The van der Waals surface area contributed by atoms with Crippen molar-refractivity contribution >= 4 is 44.9 Å². The van der Waals surface area contributed by atoms with Gasteiger partial charge in [0.15, 0.2) is 0 Å². The highest BCUT2D eigenvalue weighted by Gasteiger charge is 2.03. The average Bonchev–Trinajstić information content (AvgIpc) is 2.40. The minimum Gasteiger partial charge on any atom is -0.370 e. The quantitative estimate of drug-likeness (QED) is 0.843. The molecule has 0 fully saturated rings. The lowest BCUT2D eigenvalue weighted by atomic mass is 10.3. The second-order valence-corrected chi connectivity index (χ2v) is 5.29. The van der Waals surface area contributed by atoms with Gasteiger partial charge in [0.1, 0.15) is 18.0 Å². The molecule has 0 unspecified atom stereocenters. The second kappa shape index (κ2) is 6.73. The van der Waals surface area contributed by atoms with E-state index in [-0.39, 0.29) is 0 Å².